The third-order valence-corrected chi connectivity index (χ3v) is 3.32. The first kappa shape index (κ1) is 10.0. The van der Waals surface area contributed by atoms with E-state index < -0.39 is 0 Å². The first-order chi connectivity index (χ1) is 6.90. The summed E-state index contributed by atoms with van der Waals surface area (Å²) in [7, 11) is 0. The zero-order valence-corrected chi connectivity index (χ0v) is 9.19. The Kier molecular flexibility index (Phi) is 3.46. The highest BCUT2D eigenvalue weighted by molar-refractivity contribution is 6.16. The van der Waals surface area contributed by atoms with Crippen molar-refractivity contribution in [3.63, 3.8) is 0 Å². The number of nitrogens with one attached hydrogen (secondary N) is 1. The second kappa shape index (κ2) is 4.83. The van der Waals surface area contributed by atoms with Crippen LogP contribution in [0.2, 0.25) is 0 Å². The summed E-state index contributed by atoms with van der Waals surface area (Å²) in [5, 5.41) is 0. The van der Waals surface area contributed by atoms with Crippen LogP contribution in [0.5, 0.6) is 0 Å². The molecule has 0 aromatic carbocycles. The molecule has 0 amide bonds. The molecule has 0 radical (unpaired) electrons. The van der Waals surface area contributed by atoms with E-state index in [-0.39, 0.29) is 0 Å². The molecule has 0 atom stereocenters. The van der Waals surface area contributed by atoms with Gasteiger partial charge in [-0.15, -0.1) is 11.6 Å². The SMILES string of the molecule is ClCc1cnc(C2CCCCCC2)[nH]1. The lowest BCUT2D eigenvalue weighted by atomic mass is 10.00. The molecule has 3 heteroatoms. The molecular weight excluding hydrogens is 196 g/mol. The summed E-state index contributed by atoms with van der Waals surface area (Å²) in [6, 6.07) is 0. The van der Waals surface area contributed by atoms with Crippen molar-refractivity contribution in [2.45, 2.75) is 50.3 Å². The van der Waals surface area contributed by atoms with Crippen molar-refractivity contribution < 1.29 is 0 Å². The molecule has 1 heterocycles. The highest BCUT2D eigenvalue weighted by atomic mass is 35.5. The topological polar surface area (TPSA) is 28.7 Å². The van der Waals surface area contributed by atoms with Crippen LogP contribution in [0.25, 0.3) is 0 Å². The molecule has 1 N–H and O–H groups in total. The van der Waals surface area contributed by atoms with Gasteiger partial charge < -0.3 is 4.98 Å². The molecule has 1 aliphatic carbocycles. The number of imidazole rings is 1. The molecule has 78 valence electrons. The number of alkyl halides is 1. The summed E-state index contributed by atoms with van der Waals surface area (Å²) in [5.41, 5.74) is 1.05. The molecule has 1 aliphatic rings. The number of halogens is 1. The van der Waals surface area contributed by atoms with E-state index in [0.29, 0.717) is 11.8 Å². The fourth-order valence-corrected chi connectivity index (χ4v) is 2.34. The predicted octanol–water partition coefficient (Wildman–Crippen LogP) is 3.59. The number of aromatic nitrogens is 2. The molecular formula is C11H17ClN2. The molecule has 1 aromatic rings. The minimum absolute atomic E-state index is 0.541. The lowest BCUT2D eigenvalue weighted by Crippen LogP contribution is -1.99. The van der Waals surface area contributed by atoms with Gasteiger partial charge in [-0.25, -0.2) is 4.98 Å². The fraction of sp³-hybridized carbons (Fsp3) is 0.727. The van der Waals surface area contributed by atoms with Crippen LogP contribution in [-0.4, -0.2) is 9.97 Å². The normalized spacial score (nSPS) is 19.5. The lowest BCUT2D eigenvalue weighted by molar-refractivity contribution is 0.565. The van der Waals surface area contributed by atoms with Gasteiger partial charge in [-0.2, -0.15) is 0 Å². The third-order valence-electron chi connectivity index (χ3n) is 3.03. The van der Waals surface area contributed by atoms with Crippen LogP contribution in [0.1, 0.15) is 56.0 Å². The summed E-state index contributed by atoms with van der Waals surface area (Å²) in [5.74, 6) is 2.34. The van der Waals surface area contributed by atoms with E-state index in [1.165, 1.54) is 38.5 Å². The Morgan fingerprint density at radius 1 is 1.29 bits per heavy atom. The number of hydrogen-bond acceptors (Lipinski definition) is 1. The van der Waals surface area contributed by atoms with Gasteiger partial charge in [0, 0.05) is 17.8 Å². The monoisotopic (exact) mass is 212 g/mol. The Morgan fingerprint density at radius 2 is 2.00 bits per heavy atom. The minimum Gasteiger partial charge on any atom is -0.345 e. The second-order valence-electron chi connectivity index (χ2n) is 4.12. The smallest absolute Gasteiger partial charge is 0.109 e. The number of nitrogens with zero attached hydrogens (tertiary/aromatic N) is 1. The molecule has 0 spiro atoms. The van der Waals surface area contributed by atoms with Crippen molar-refractivity contribution in [1.29, 1.82) is 0 Å². The van der Waals surface area contributed by atoms with Crippen molar-refractivity contribution in [3.8, 4) is 0 Å². The lowest BCUT2D eigenvalue weighted by Gasteiger charge is -2.09. The van der Waals surface area contributed by atoms with Gasteiger partial charge in [-0.3, -0.25) is 0 Å². The van der Waals surface area contributed by atoms with E-state index in [2.05, 4.69) is 9.97 Å². The van der Waals surface area contributed by atoms with Crippen LogP contribution >= 0.6 is 11.6 Å². The molecule has 0 saturated heterocycles. The van der Waals surface area contributed by atoms with E-state index in [0.717, 1.165) is 11.5 Å². The zero-order chi connectivity index (χ0) is 9.80. The minimum atomic E-state index is 0.541. The van der Waals surface area contributed by atoms with Crippen LogP contribution in [0.15, 0.2) is 6.20 Å². The maximum atomic E-state index is 5.74. The summed E-state index contributed by atoms with van der Waals surface area (Å²) in [4.78, 5) is 7.73. The third kappa shape index (κ3) is 2.30. The number of H-pyrrole nitrogens is 1. The van der Waals surface area contributed by atoms with Crippen LogP contribution in [0.4, 0.5) is 0 Å². The average molecular weight is 213 g/mol. The number of rotatable bonds is 2. The van der Waals surface area contributed by atoms with Crippen molar-refractivity contribution in [3.05, 3.63) is 17.7 Å². The van der Waals surface area contributed by atoms with E-state index in [1.54, 1.807) is 0 Å². The predicted molar refractivity (Wildman–Crippen MR) is 58.6 cm³/mol. The molecule has 0 aliphatic heterocycles. The fourth-order valence-electron chi connectivity index (χ4n) is 2.20. The van der Waals surface area contributed by atoms with Crippen molar-refractivity contribution in [2.75, 3.05) is 0 Å². The molecule has 14 heavy (non-hydrogen) atoms. The second-order valence-corrected chi connectivity index (χ2v) is 4.38. The van der Waals surface area contributed by atoms with Crippen LogP contribution in [0.3, 0.4) is 0 Å². The summed E-state index contributed by atoms with van der Waals surface area (Å²) < 4.78 is 0. The van der Waals surface area contributed by atoms with Gasteiger partial charge in [0.15, 0.2) is 0 Å². The van der Waals surface area contributed by atoms with Gasteiger partial charge in [-0.05, 0) is 12.8 Å². The maximum absolute atomic E-state index is 5.74. The first-order valence-corrected chi connectivity index (χ1v) is 6.03. The molecule has 0 unspecified atom stereocenters. The zero-order valence-electron chi connectivity index (χ0n) is 8.43. The standard InChI is InChI=1S/C11H17ClN2/c12-7-10-8-13-11(14-10)9-5-3-1-2-4-6-9/h8-9H,1-7H2,(H,13,14). The maximum Gasteiger partial charge on any atom is 0.109 e. The molecule has 1 aromatic heterocycles. The quantitative estimate of drug-likeness (QED) is 0.589. The van der Waals surface area contributed by atoms with Crippen molar-refractivity contribution in [2.24, 2.45) is 0 Å². The van der Waals surface area contributed by atoms with Crippen molar-refractivity contribution in [1.82, 2.24) is 9.97 Å². The highest BCUT2D eigenvalue weighted by Gasteiger charge is 2.16. The highest BCUT2D eigenvalue weighted by Crippen LogP contribution is 2.29. The number of aromatic amines is 1. The van der Waals surface area contributed by atoms with E-state index in [1.807, 2.05) is 6.20 Å². The van der Waals surface area contributed by atoms with Gasteiger partial charge in [0.1, 0.15) is 5.82 Å². The largest absolute Gasteiger partial charge is 0.345 e. The van der Waals surface area contributed by atoms with Crippen LogP contribution in [-0.2, 0) is 5.88 Å². The van der Waals surface area contributed by atoms with E-state index >= 15 is 0 Å². The van der Waals surface area contributed by atoms with Gasteiger partial charge >= 0.3 is 0 Å². The Hall–Kier alpha value is -0.500. The Morgan fingerprint density at radius 3 is 2.57 bits per heavy atom. The van der Waals surface area contributed by atoms with Gasteiger partial charge in [-0.1, -0.05) is 25.7 Å². The molecule has 2 nitrogen and oxygen atoms in total. The van der Waals surface area contributed by atoms with Gasteiger partial charge in [0.05, 0.1) is 5.88 Å². The Labute approximate surface area is 90.1 Å². The summed E-state index contributed by atoms with van der Waals surface area (Å²) in [6.45, 7) is 0. The van der Waals surface area contributed by atoms with Gasteiger partial charge in [0.2, 0.25) is 0 Å². The Balaban J connectivity index is 2.04. The van der Waals surface area contributed by atoms with Crippen LogP contribution < -0.4 is 0 Å². The average Bonchev–Trinajstić information content (AvgIpc) is 2.53. The molecule has 1 fully saturated rings. The number of hydrogen-bond donors (Lipinski definition) is 1. The van der Waals surface area contributed by atoms with Crippen molar-refractivity contribution >= 4 is 11.6 Å². The summed E-state index contributed by atoms with van der Waals surface area (Å²) in [6.07, 6.45) is 9.92. The molecule has 0 bridgehead atoms. The molecule has 1 saturated carbocycles. The summed E-state index contributed by atoms with van der Waals surface area (Å²) >= 11 is 5.74. The van der Waals surface area contributed by atoms with E-state index in [9.17, 15) is 0 Å². The van der Waals surface area contributed by atoms with Crippen LogP contribution in [0, 0.1) is 0 Å². The van der Waals surface area contributed by atoms with E-state index in [4.69, 9.17) is 11.6 Å². The van der Waals surface area contributed by atoms with Gasteiger partial charge in [0.25, 0.3) is 0 Å². The Bertz CT molecular complexity index is 275. The molecule has 2 rings (SSSR count). The first-order valence-electron chi connectivity index (χ1n) is 5.50.